The molecule has 0 saturated heterocycles. The maximum atomic E-state index is 3.24. The Bertz CT molecular complexity index is 1070. The summed E-state index contributed by atoms with van der Waals surface area (Å²) in [6, 6.07) is 32.7. The molecule has 26 heavy (non-hydrogen) atoms. The van der Waals surface area contributed by atoms with Crippen LogP contribution in [0, 0.1) is 23.7 Å². The van der Waals surface area contributed by atoms with E-state index in [1.54, 1.807) is 0 Å². The van der Waals surface area contributed by atoms with E-state index in [2.05, 4.69) is 60.1 Å². The predicted octanol–water partition coefficient (Wildman–Crippen LogP) is 5.64. The van der Waals surface area contributed by atoms with Gasteiger partial charge in [0.05, 0.1) is 0 Å². The molecule has 0 heteroatoms. The first kappa shape index (κ1) is 15.8. The monoisotopic (exact) mass is 328 g/mol. The molecule has 0 aliphatic heterocycles. The van der Waals surface area contributed by atoms with Crippen molar-refractivity contribution in [1.82, 2.24) is 0 Å². The summed E-state index contributed by atoms with van der Waals surface area (Å²) in [6.07, 6.45) is 0. The molecule has 0 saturated carbocycles. The summed E-state index contributed by atoms with van der Waals surface area (Å²) >= 11 is 0. The molecule has 0 fully saturated rings. The summed E-state index contributed by atoms with van der Waals surface area (Å²) in [4.78, 5) is 0. The van der Waals surface area contributed by atoms with Crippen LogP contribution in [-0.4, -0.2) is 0 Å². The van der Waals surface area contributed by atoms with Crippen LogP contribution in [-0.2, 0) is 0 Å². The average Bonchev–Trinajstić information content (AvgIpc) is 2.72. The van der Waals surface area contributed by atoms with Crippen molar-refractivity contribution in [2.24, 2.45) is 0 Å². The molecule has 0 radical (unpaired) electrons. The molecular weight excluding hydrogens is 312 g/mol. The van der Waals surface area contributed by atoms with Crippen LogP contribution in [0.15, 0.2) is 97.1 Å². The average molecular weight is 328 g/mol. The molecule has 0 aliphatic rings. The molecule has 0 spiro atoms. The minimum Gasteiger partial charge on any atom is -0.0622 e. The normalized spacial score (nSPS) is 9.69. The van der Waals surface area contributed by atoms with Crippen LogP contribution in [0.25, 0.3) is 10.8 Å². The summed E-state index contributed by atoms with van der Waals surface area (Å²) in [7, 11) is 0. The van der Waals surface area contributed by atoms with Crippen molar-refractivity contribution in [2.75, 3.05) is 0 Å². The summed E-state index contributed by atoms with van der Waals surface area (Å²) in [5, 5.41) is 2.35. The lowest BCUT2D eigenvalue weighted by Crippen LogP contribution is -1.81. The van der Waals surface area contributed by atoms with E-state index >= 15 is 0 Å². The highest BCUT2D eigenvalue weighted by Gasteiger charge is 1.96. The van der Waals surface area contributed by atoms with Crippen LogP contribution in [0.2, 0.25) is 0 Å². The van der Waals surface area contributed by atoms with Crippen LogP contribution >= 0.6 is 0 Å². The number of benzene rings is 4. The zero-order valence-electron chi connectivity index (χ0n) is 14.2. The van der Waals surface area contributed by atoms with Crippen molar-refractivity contribution < 1.29 is 0 Å². The Kier molecular flexibility index (Phi) is 4.51. The second-order valence-corrected chi connectivity index (χ2v) is 6.01. The fourth-order valence-corrected chi connectivity index (χ4v) is 2.73. The molecule has 0 amide bonds. The van der Waals surface area contributed by atoms with Crippen molar-refractivity contribution in [1.29, 1.82) is 0 Å². The van der Waals surface area contributed by atoms with E-state index in [0.29, 0.717) is 0 Å². The maximum Gasteiger partial charge on any atom is 0.0255 e. The maximum absolute atomic E-state index is 3.24. The van der Waals surface area contributed by atoms with Gasteiger partial charge in [0.1, 0.15) is 0 Å². The highest BCUT2D eigenvalue weighted by atomic mass is 14.0. The Balaban J connectivity index is 1.65. The molecule has 4 rings (SSSR count). The standard InChI is InChI=1S/C26H16/c1-3-7-21(8-4-1)11-13-23-15-17-25-18-16-24(20-26(25)19-23)14-12-22-9-5-2-6-10-22/h1-10,15-20H. The smallest absolute Gasteiger partial charge is 0.0255 e. The topological polar surface area (TPSA) is 0 Å². The molecular formula is C26H16. The van der Waals surface area contributed by atoms with Gasteiger partial charge in [0.25, 0.3) is 0 Å². The second kappa shape index (κ2) is 7.43. The zero-order chi connectivity index (χ0) is 17.6. The number of fused-ring (bicyclic) bond motifs is 1. The van der Waals surface area contributed by atoms with Gasteiger partial charge >= 0.3 is 0 Å². The second-order valence-electron chi connectivity index (χ2n) is 6.01. The van der Waals surface area contributed by atoms with Gasteiger partial charge in [0, 0.05) is 22.3 Å². The number of hydrogen-bond donors (Lipinski definition) is 0. The third-order valence-corrected chi connectivity index (χ3v) is 4.09. The van der Waals surface area contributed by atoms with E-state index in [1.165, 1.54) is 5.39 Å². The van der Waals surface area contributed by atoms with Gasteiger partial charge in [-0.25, -0.2) is 0 Å². The minimum atomic E-state index is 1.01. The van der Waals surface area contributed by atoms with Gasteiger partial charge in [-0.05, 0) is 59.3 Å². The molecule has 0 nitrogen and oxygen atoms in total. The van der Waals surface area contributed by atoms with E-state index in [4.69, 9.17) is 0 Å². The van der Waals surface area contributed by atoms with Gasteiger partial charge in [0.15, 0.2) is 0 Å². The van der Waals surface area contributed by atoms with Crippen molar-refractivity contribution in [3.63, 3.8) is 0 Å². The van der Waals surface area contributed by atoms with E-state index in [9.17, 15) is 0 Å². The lowest BCUT2D eigenvalue weighted by molar-refractivity contribution is 1.63. The third kappa shape index (κ3) is 3.84. The zero-order valence-corrected chi connectivity index (χ0v) is 14.2. The van der Waals surface area contributed by atoms with Gasteiger partial charge in [-0.2, -0.15) is 0 Å². The van der Waals surface area contributed by atoms with E-state index in [-0.39, 0.29) is 0 Å². The largest absolute Gasteiger partial charge is 0.0622 e. The van der Waals surface area contributed by atoms with Gasteiger partial charge in [0.2, 0.25) is 0 Å². The van der Waals surface area contributed by atoms with Crippen LogP contribution < -0.4 is 0 Å². The molecule has 0 aliphatic carbocycles. The molecule has 0 aromatic heterocycles. The van der Waals surface area contributed by atoms with Crippen LogP contribution in [0.4, 0.5) is 0 Å². The lowest BCUT2D eigenvalue weighted by Gasteiger charge is -2.00. The molecule has 0 atom stereocenters. The fourth-order valence-electron chi connectivity index (χ4n) is 2.73. The number of hydrogen-bond acceptors (Lipinski definition) is 0. The van der Waals surface area contributed by atoms with E-state index in [1.807, 2.05) is 60.7 Å². The summed E-state index contributed by atoms with van der Waals surface area (Å²) in [5.74, 6) is 12.9. The minimum absolute atomic E-state index is 1.01. The van der Waals surface area contributed by atoms with Crippen molar-refractivity contribution in [3.8, 4) is 23.7 Å². The predicted molar refractivity (Wildman–Crippen MR) is 109 cm³/mol. The summed E-state index contributed by atoms with van der Waals surface area (Å²) in [5.41, 5.74) is 4.06. The van der Waals surface area contributed by atoms with Gasteiger partial charge < -0.3 is 0 Å². The molecule has 0 bridgehead atoms. The Morgan fingerprint density at radius 1 is 0.346 bits per heavy atom. The quantitative estimate of drug-likeness (QED) is 0.366. The Hall–Kier alpha value is -3.74. The van der Waals surface area contributed by atoms with Crippen LogP contribution in [0.1, 0.15) is 22.3 Å². The molecule has 4 aromatic carbocycles. The molecule has 0 unspecified atom stereocenters. The highest BCUT2D eigenvalue weighted by molar-refractivity contribution is 5.85. The molecule has 0 heterocycles. The highest BCUT2D eigenvalue weighted by Crippen LogP contribution is 2.17. The Morgan fingerprint density at radius 3 is 1.23 bits per heavy atom. The van der Waals surface area contributed by atoms with Crippen molar-refractivity contribution in [2.45, 2.75) is 0 Å². The molecule has 4 aromatic rings. The first-order valence-electron chi connectivity index (χ1n) is 8.55. The van der Waals surface area contributed by atoms with E-state index in [0.717, 1.165) is 27.6 Å². The van der Waals surface area contributed by atoms with Gasteiger partial charge in [-0.3, -0.25) is 0 Å². The van der Waals surface area contributed by atoms with Crippen molar-refractivity contribution >= 4 is 10.8 Å². The van der Waals surface area contributed by atoms with Crippen LogP contribution in [0.3, 0.4) is 0 Å². The SMILES string of the molecule is C(#Cc1ccc2ccc(C#Cc3ccccc3)cc2c1)c1ccccc1. The fraction of sp³-hybridized carbons (Fsp3) is 0. The van der Waals surface area contributed by atoms with Gasteiger partial charge in [-0.1, -0.05) is 72.2 Å². The molecule has 0 N–H and O–H groups in total. The lowest BCUT2D eigenvalue weighted by atomic mass is 10.0. The van der Waals surface area contributed by atoms with E-state index < -0.39 is 0 Å². The van der Waals surface area contributed by atoms with Crippen LogP contribution in [0.5, 0.6) is 0 Å². The Morgan fingerprint density at radius 2 is 0.769 bits per heavy atom. The summed E-state index contributed by atoms with van der Waals surface area (Å²) in [6.45, 7) is 0. The first-order valence-corrected chi connectivity index (χ1v) is 8.55. The summed E-state index contributed by atoms with van der Waals surface area (Å²) < 4.78 is 0. The first-order chi connectivity index (χ1) is 12.9. The van der Waals surface area contributed by atoms with Gasteiger partial charge in [-0.15, -0.1) is 0 Å². The third-order valence-electron chi connectivity index (χ3n) is 4.09. The number of rotatable bonds is 0. The molecule has 120 valence electrons. The Labute approximate surface area is 154 Å². The van der Waals surface area contributed by atoms with Crippen molar-refractivity contribution in [3.05, 3.63) is 119 Å².